The fraction of sp³-hybridized carbons (Fsp3) is 0.500. The molecule has 1 amide bonds. The highest BCUT2D eigenvalue weighted by Crippen LogP contribution is 2.39. The van der Waals surface area contributed by atoms with Gasteiger partial charge in [0.25, 0.3) is 5.91 Å². The number of carbonyl (C=O) groups is 1. The summed E-state index contributed by atoms with van der Waals surface area (Å²) in [6, 6.07) is 7.92. The van der Waals surface area contributed by atoms with E-state index in [2.05, 4.69) is 14.8 Å². The molecule has 3 heterocycles. The first-order valence-electron chi connectivity index (χ1n) is 9.42. The van der Waals surface area contributed by atoms with Crippen LogP contribution >= 0.6 is 11.3 Å². The number of ether oxygens (including phenoxy) is 1. The van der Waals surface area contributed by atoms with Gasteiger partial charge in [0, 0.05) is 44.5 Å². The van der Waals surface area contributed by atoms with Gasteiger partial charge in [-0.25, -0.2) is 0 Å². The number of likely N-dealkylation sites (N-methyl/N-ethyl adjacent to an activating group) is 2. The molecule has 0 aromatic carbocycles. The van der Waals surface area contributed by atoms with E-state index in [1.54, 1.807) is 17.5 Å². The molecule has 0 radical (unpaired) electrons. The molecular formula is C20H28N4O2S. The Bertz CT molecular complexity index is 742. The second-order valence-corrected chi connectivity index (χ2v) is 7.86. The van der Waals surface area contributed by atoms with E-state index in [-0.39, 0.29) is 5.91 Å². The highest BCUT2D eigenvalue weighted by atomic mass is 32.1. The Kier molecular flexibility index (Phi) is 6.82. The van der Waals surface area contributed by atoms with Crippen LogP contribution in [0.3, 0.4) is 0 Å². The quantitative estimate of drug-likeness (QED) is 0.730. The number of nitrogens with zero attached hydrogens (tertiary/aromatic N) is 4. The monoisotopic (exact) mass is 388 g/mol. The van der Waals surface area contributed by atoms with Gasteiger partial charge in [0.2, 0.25) is 0 Å². The molecule has 1 saturated heterocycles. The van der Waals surface area contributed by atoms with Gasteiger partial charge in [-0.05, 0) is 39.2 Å². The largest absolute Gasteiger partial charge is 0.378 e. The van der Waals surface area contributed by atoms with E-state index in [4.69, 9.17) is 4.74 Å². The Hall–Kier alpha value is -1.96. The maximum atomic E-state index is 13.1. The van der Waals surface area contributed by atoms with Gasteiger partial charge in [-0.1, -0.05) is 6.07 Å². The van der Waals surface area contributed by atoms with Crippen molar-refractivity contribution in [1.82, 2.24) is 14.8 Å². The van der Waals surface area contributed by atoms with E-state index in [0.717, 1.165) is 47.3 Å². The number of aromatic nitrogens is 1. The van der Waals surface area contributed by atoms with E-state index in [0.29, 0.717) is 19.8 Å². The van der Waals surface area contributed by atoms with Crippen molar-refractivity contribution in [2.45, 2.75) is 6.92 Å². The van der Waals surface area contributed by atoms with Crippen molar-refractivity contribution in [3.8, 4) is 11.3 Å². The van der Waals surface area contributed by atoms with Crippen molar-refractivity contribution in [2.75, 3.05) is 64.9 Å². The minimum atomic E-state index is 0.0982. The lowest BCUT2D eigenvalue weighted by Gasteiger charge is -2.28. The van der Waals surface area contributed by atoms with Gasteiger partial charge in [0.1, 0.15) is 5.00 Å². The van der Waals surface area contributed by atoms with Crippen molar-refractivity contribution < 1.29 is 9.53 Å². The summed E-state index contributed by atoms with van der Waals surface area (Å²) in [6.07, 6.45) is 1.80. The van der Waals surface area contributed by atoms with Gasteiger partial charge in [-0.15, -0.1) is 11.3 Å². The van der Waals surface area contributed by atoms with Crippen LogP contribution in [0.1, 0.15) is 16.6 Å². The standard InChI is InChI=1S/C20H28N4O2S/c1-4-23(10-9-22(2)3)19(25)18-15-16(17-7-5-6-8-21-17)20(27-18)24-11-13-26-14-12-24/h5-8,15H,4,9-14H2,1-3H3. The number of hydrogen-bond acceptors (Lipinski definition) is 6. The fourth-order valence-corrected chi connectivity index (χ4v) is 4.26. The molecule has 7 heteroatoms. The van der Waals surface area contributed by atoms with Gasteiger partial charge >= 0.3 is 0 Å². The molecule has 0 saturated carbocycles. The third kappa shape index (κ3) is 4.86. The van der Waals surface area contributed by atoms with Crippen molar-refractivity contribution >= 4 is 22.2 Å². The molecule has 3 rings (SSSR count). The lowest BCUT2D eigenvalue weighted by Crippen LogP contribution is -2.36. The smallest absolute Gasteiger partial charge is 0.264 e. The Morgan fingerprint density at radius 2 is 2.04 bits per heavy atom. The SMILES string of the molecule is CCN(CCN(C)C)C(=O)c1cc(-c2ccccn2)c(N2CCOCC2)s1. The zero-order chi connectivity index (χ0) is 19.2. The van der Waals surface area contributed by atoms with Crippen LogP contribution in [0, 0.1) is 0 Å². The molecule has 0 unspecified atom stereocenters. The summed E-state index contributed by atoms with van der Waals surface area (Å²) in [5.41, 5.74) is 1.94. The second-order valence-electron chi connectivity index (χ2n) is 6.83. The number of hydrogen-bond donors (Lipinski definition) is 0. The van der Waals surface area contributed by atoms with Crippen LogP contribution in [0.25, 0.3) is 11.3 Å². The molecule has 0 aliphatic carbocycles. The highest BCUT2D eigenvalue weighted by Gasteiger charge is 2.24. The van der Waals surface area contributed by atoms with Crippen molar-refractivity contribution in [1.29, 1.82) is 0 Å². The van der Waals surface area contributed by atoms with Crippen LogP contribution in [-0.2, 0) is 4.74 Å². The van der Waals surface area contributed by atoms with E-state index >= 15 is 0 Å². The lowest BCUT2D eigenvalue weighted by molar-refractivity contribution is 0.0759. The summed E-state index contributed by atoms with van der Waals surface area (Å²) in [5, 5.41) is 1.11. The van der Waals surface area contributed by atoms with Crippen LogP contribution in [0.5, 0.6) is 0 Å². The molecule has 1 aliphatic rings. The zero-order valence-electron chi connectivity index (χ0n) is 16.4. The number of morpholine rings is 1. The summed E-state index contributed by atoms with van der Waals surface area (Å²) in [5.74, 6) is 0.0982. The maximum Gasteiger partial charge on any atom is 0.264 e. The molecule has 0 bridgehead atoms. The van der Waals surface area contributed by atoms with Gasteiger partial charge < -0.3 is 19.4 Å². The first-order chi connectivity index (χ1) is 13.1. The molecular weight excluding hydrogens is 360 g/mol. The van der Waals surface area contributed by atoms with E-state index in [1.165, 1.54) is 0 Å². The van der Waals surface area contributed by atoms with Crippen LogP contribution < -0.4 is 4.90 Å². The fourth-order valence-electron chi connectivity index (χ4n) is 3.07. The predicted molar refractivity (Wildman–Crippen MR) is 111 cm³/mol. The molecule has 27 heavy (non-hydrogen) atoms. The molecule has 1 fully saturated rings. The predicted octanol–water partition coefficient (Wildman–Crippen LogP) is 2.67. The third-order valence-corrected chi connectivity index (χ3v) is 5.83. The summed E-state index contributed by atoms with van der Waals surface area (Å²) in [6.45, 7) is 7.43. The molecule has 0 spiro atoms. The van der Waals surface area contributed by atoms with Crippen LogP contribution in [0.4, 0.5) is 5.00 Å². The van der Waals surface area contributed by atoms with Crippen LogP contribution in [-0.4, -0.2) is 80.7 Å². The third-order valence-electron chi connectivity index (χ3n) is 4.65. The normalized spacial score (nSPS) is 14.6. The maximum absolute atomic E-state index is 13.1. The summed E-state index contributed by atoms with van der Waals surface area (Å²) in [4.78, 5) is 24.7. The van der Waals surface area contributed by atoms with E-state index in [1.807, 2.05) is 50.2 Å². The second kappa shape index (κ2) is 9.30. The molecule has 0 atom stereocenters. The number of thiophene rings is 1. The Labute approximate surface area is 165 Å². The number of pyridine rings is 1. The molecule has 146 valence electrons. The highest BCUT2D eigenvalue weighted by molar-refractivity contribution is 7.18. The number of rotatable bonds is 7. The Balaban J connectivity index is 1.91. The van der Waals surface area contributed by atoms with Crippen molar-refractivity contribution in [3.63, 3.8) is 0 Å². The molecule has 0 N–H and O–H groups in total. The van der Waals surface area contributed by atoms with E-state index < -0.39 is 0 Å². The average molecular weight is 389 g/mol. The van der Waals surface area contributed by atoms with Crippen molar-refractivity contribution in [3.05, 3.63) is 35.3 Å². The summed E-state index contributed by atoms with van der Waals surface area (Å²) < 4.78 is 5.50. The topological polar surface area (TPSA) is 48.9 Å². The Morgan fingerprint density at radius 1 is 1.26 bits per heavy atom. The van der Waals surface area contributed by atoms with Gasteiger partial charge in [0.15, 0.2) is 0 Å². The molecule has 1 aliphatic heterocycles. The summed E-state index contributed by atoms with van der Waals surface area (Å²) in [7, 11) is 4.05. The lowest BCUT2D eigenvalue weighted by atomic mass is 10.1. The Morgan fingerprint density at radius 3 is 2.67 bits per heavy atom. The number of anilines is 1. The van der Waals surface area contributed by atoms with Gasteiger partial charge in [-0.2, -0.15) is 0 Å². The minimum Gasteiger partial charge on any atom is -0.378 e. The minimum absolute atomic E-state index is 0.0982. The first-order valence-corrected chi connectivity index (χ1v) is 10.2. The van der Waals surface area contributed by atoms with Gasteiger partial charge in [-0.3, -0.25) is 9.78 Å². The first kappa shape index (κ1) is 19.8. The number of amides is 1. The average Bonchev–Trinajstić information content (AvgIpc) is 3.15. The van der Waals surface area contributed by atoms with Crippen LogP contribution in [0.2, 0.25) is 0 Å². The molecule has 6 nitrogen and oxygen atoms in total. The molecule has 2 aromatic rings. The zero-order valence-corrected chi connectivity index (χ0v) is 17.2. The number of carbonyl (C=O) groups excluding carboxylic acids is 1. The summed E-state index contributed by atoms with van der Waals surface area (Å²) >= 11 is 1.57. The van der Waals surface area contributed by atoms with Gasteiger partial charge in [0.05, 0.1) is 23.8 Å². The molecule has 2 aromatic heterocycles. The van der Waals surface area contributed by atoms with E-state index in [9.17, 15) is 4.79 Å². The van der Waals surface area contributed by atoms with Crippen molar-refractivity contribution in [2.24, 2.45) is 0 Å². The van der Waals surface area contributed by atoms with Crippen LogP contribution in [0.15, 0.2) is 30.5 Å².